The van der Waals surface area contributed by atoms with E-state index in [1.807, 2.05) is 0 Å². The van der Waals surface area contributed by atoms with Gasteiger partial charge in [0, 0.05) is 21.9 Å². The number of nitrogens with zero attached hydrogens (tertiary/aromatic N) is 1. The molecular weight excluding hydrogens is 399 g/mol. The molecule has 150 valence electrons. The van der Waals surface area contributed by atoms with Crippen LogP contribution in [0.15, 0.2) is 18.2 Å². The third-order valence-corrected chi connectivity index (χ3v) is 5.08. The van der Waals surface area contributed by atoms with E-state index in [-0.39, 0.29) is 10.9 Å². The molecule has 0 bridgehead atoms. The predicted molar refractivity (Wildman–Crippen MR) is 94.7 cm³/mol. The molecule has 0 unspecified atom stereocenters. The number of aromatic nitrogens is 1. The van der Waals surface area contributed by atoms with Crippen molar-refractivity contribution in [2.24, 2.45) is 0 Å². The van der Waals surface area contributed by atoms with Crippen LogP contribution in [0.25, 0.3) is 27.5 Å². The van der Waals surface area contributed by atoms with Gasteiger partial charge in [-0.05, 0) is 32.9 Å². The van der Waals surface area contributed by atoms with Crippen molar-refractivity contribution in [2.45, 2.75) is 20.8 Å². The van der Waals surface area contributed by atoms with Crippen LogP contribution in [0.3, 0.4) is 0 Å². The number of halogens is 7. The molecule has 0 amide bonds. The van der Waals surface area contributed by atoms with Gasteiger partial charge in [0.25, 0.3) is 0 Å². The van der Waals surface area contributed by atoms with Crippen molar-refractivity contribution in [1.29, 1.82) is 0 Å². The van der Waals surface area contributed by atoms with Gasteiger partial charge in [0.1, 0.15) is 11.5 Å². The topological polar surface area (TPSA) is 4.93 Å². The van der Waals surface area contributed by atoms with E-state index in [1.165, 1.54) is 18.2 Å². The summed E-state index contributed by atoms with van der Waals surface area (Å²) in [5.74, 6) is -11.3. The lowest BCUT2D eigenvalue weighted by Crippen LogP contribution is -2.10. The van der Waals surface area contributed by atoms with Gasteiger partial charge in [-0.3, -0.25) is 0 Å². The minimum absolute atomic E-state index is 0.0136. The van der Waals surface area contributed by atoms with Gasteiger partial charge < -0.3 is 4.57 Å². The quantitative estimate of drug-likeness (QED) is 0.243. The van der Waals surface area contributed by atoms with Gasteiger partial charge in [-0.1, -0.05) is 11.6 Å². The highest BCUT2D eigenvalue weighted by molar-refractivity contribution is 6.10. The molecular formula is C21H12F7N. The molecule has 0 spiro atoms. The van der Waals surface area contributed by atoms with Crippen LogP contribution in [0.1, 0.15) is 16.7 Å². The second kappa shape index (κ2) is 6.23. The van der Waals surface area contributed by atoms with Crippen molar-refractivity contribution in [2.75, 3.05) is 0 Å². The first-order valence-electron chi connectivity index (χ1n) is 8.48. The standard InChI is InChI=1S/C21H12F7N/c1-7-4-5-11-10(6-7)12-13(22)8(2)14(23)17(26)20(12)29(11)21-18(27)15(24)9(3)16(25)19(21)28/h4-6H,1-3H3. The second-order valence-corrected chi connectivity index (χ2v) is 6.88. The van der Waals surface area contributed by atoms with Gasteiger partial charge in [-0.25, -0.2) is 30.7 Å². The summed E-state index contributed by atoms with van der Waals surface area (Å²) in [6.07, 6.45) is 0. The van der Waals surface area contributed by atoms with E-state index < -0.39 is 68.4 Å². The Morgan fingerprint density at radius 1 is 0.621 bits per heavy atom. The van der Waals surface area contributed by atoms with E-state index in [0.29, 0.717) is 10.1 Å². The Bertz CT molecular complexity index is 1320. The van der Waals surface area contributed by atoms with Crippen molar-refractivity contribution in [3.63, 3.8) is 0 Å². The molecule has 0 aliphatic rings. The molecule has 1 heterocycles. The van der Waals surface area contributed by atoms with Crippen molar-refractivity contribution in [3.8, 4) is 5.69 Å². The van der Waals surface area contributed by atoms with E-state index in [1.54, 1.807) is 6.92 Å². The van der Waals surface area contributed by atoms with Crippen LogP contribution in [0.2, 0.25) is 0 Å². The maximum Gasteiger partial charge on any atom is 0.186 e. The number of hydrogen-bond donors (Lipinski definition) is 0. The van der Waals surface area contributed by atoms with Crippen molar-refractivity contribution >= 4 is 21.8 Å². The van der Waals surface area contributed by atoms with Gasteiger partial charge in [0.15, 0.2) is 34.9 Å². The van der Waals surface area contributed by atoms with Crippen LogP contribution < -0.4 is 0 Å². The maximum absolute atomic E-state index is 14.9. The summed E-state index contributed by atoms with van der Waals surface area (Å²) in [6, 6.07) is 4.17. The summed E-state index contributed by atoms with van der Waals surface area (Å²) in [5.41, 5.74) is -3.23. The third kappa shape index (κ3) is 2.41. The number of benzene rings is 3. The summed E-state index contributed by atoms with van der Waals surface area (Å²) in [4.78, 5) is 0. The lowest BCUT2D eigenvalue weighted by atomic mass is 10.1. The van der Waals surface area contributed by atoms with E-state index in [4.69, 9.17) is 0 Å². The summed E-state index contributed by atoms with van der Waals surface area (Å²) in [6.45, 7) is 3.48. The first-order chi connectivity index (χ1) is 13.6. The molecule has 0 aliphatic heterocycles. The van der Waals surface area contributed by atoms with Gasteiger partial charge in [0.05, 0.1) is 11.0 Å². The number of fused-ring (bicyclic) bond motifs is 3. The highest BCUT2D eigenvalue weighted by Gasteiger charge is 2.30. The zero-order valence-electron chi connectivity index (χ0n) is 15.3. The first kappa shape index (κ1) is 19.3. The van der Waals surface area contributed by atoms with Crippen molar-refractivity contribution in [1.82, 2.24) is 4.57 Å². The van der Waals surface area contributed by atoms with Crippen LogP contribution in [-0.4, -0.2) is 4.57 Å². The fourth-order valence-electron chi connectivity index (χ4n) is 3.55. The Morgan fingerprint density at radius 2 is 1.14 bits per heavy atom. The van der Waals surface area contributed by atoms with Crippen LogP contribution in [0.4, 0.5) is 30.7 Å². The number of aryl methyl sites for hydroxylation is 1. The van der Waals surface area contributed by atoms with Gasteiger partial charge in [-0.2, -0.15) is 0 Å². The van der Waals surface area contributed by atoms with Crippen LogP contribution in [-0.2, 0) is 0 Å². The molecule has 0 radical (unpaired) electrons. The Labute approximate surface area is 160 Å². The predicted octanol–water partition coefficient (Wildman–Crippen LogP) is 6.68. The molecule has 1 aromatic heterocycles. The average Bonchev–Trinajstić information content (AvgIpc) is 3.02. The minimum Gasteiger partial charge on any atom is -0.301 e. The number of hydrogen-bond acceptors (Lipinski definition) is 0. The summed E-state index contributed by atoms with van der Waals surface area (Å²) in [7, 11) is 0. The molecule has 0 aliphatic carbocycles. The van der Waals surface area contributed by atoms with E-state index >= 15 is 0 Å². The zero-order valence-corrected chi connectivity index (χ0v) is 15.3. The minimum atomic E-state index is -1.80. The second-order valence-electron chi connectivity index (χ2n) is 6.88. The van der Waals surface area contributed by atoms with Crippen molar-refractivity contribution < 1.29 is 30.7 Å². The highest BCUT2D eigenvalue weighted by atomic mass is 19.2. The molecule has 0 saturated carbocycles. The molecule has 4 aromatic rings. The molecule has 8 heteroatoms. The highest BCUT2D eigenvalue weighted by Crippen LogP contribution is 2.40. The Morgan fingerprint density at radius 3 is 1.72 bits per heavy atom. The maximum atomic E-state index is 14.9. The average molecular weight is 411 g/mol. The molecule has 0 saturated heterocycles. The monoisotopic (exact) mass is 411 g/mol. The smallest absolute Gasteiger partial charge is 0.186 e. The molecule has 4 rings (SSSR count). The SMILES string of the molecule is Cc1ccc2c(c1)c1c(F)c(C)c(F)c(F)c1n2-c1c(F)c(F)c(C)c(F)c1F. The van der Waals surface area contributed by atoms with E-state index in [0.717, 1.165) is 13.8 Å². The summed E-state index contributed by atoms with van der Waals surface area (Å²) < 4.78 is 102. The van der Waals surface area contributed by atoms with Crippen LogP contribution in [0.5, 0.6) is 0 Å². The summed E-state index contributed by atoms with van der Waals surface area (Å²) >= 11 is 0. The molecule has 0 atom stereocenters. The molecule has 3 aromatic carbocycles. The zero-order chi connectivity index (χ0) is 21.4. The largest absolute Gasteiger partial charge is 0.301 e. The molecule has 1 nitrogen and oxygen atoms in total. The molecule has 29 heavy (non-hydrogen) atoms. The van der Waals surface area contributed by atoms with Gasteiger partial charge in [-0.15, -0.1) is 0 Å². The Balaban J connectivity index is 2.38. The van der Waals surface area contributed by atoms with Gasteiger partial charge in [0.2, 0.25) is 0 Å². The van der Waals surface area contributed by atoms with E-state index in [9.17, 15) is 30.7 Å². The first-order valence-corrected chi connectivity index (χ1v) is 8.48. The van der Waals surface area contributed by atoms with Gasteiger partial charge >= 0.3 is 0 Å². The lowest BCUT2D eigenvalue weighted by molar-refractivity contribution is 0.440. The molecule has 0 fully saturated rings. The van der Waals surface area contributed by atoms with Crippen LogP contribution in [0, 0.1) is 61.5 Å². The fraction of sp³-hybridized carbons (Fsp3) is 0.143. The van der Waals surface area contributed by atoms with Crippen LogP contribution >= 0.6 is 0 Å². The van der Waals surface area contributed by atoms with E-state index in [2.05, 4.69) is 0 Å². The summed E-state index contributed by atoms with van der Waals surface area (Å²) in [5, 5.41) is -0.431. The number of rotatable bonds is 1. The Hall–Kier alpha value is -3.03. The Kier molecular flexibility index (Phi) is 4.15. The molecule has 0 N–H and O–H groups in total. The lowest BCUT2D eigenvalue weighted by Gasteiger charge is -2.14. The fourth-order valence-corrected chi connectivity index (χ4v) is 3.55. The van der Waals surface area contributed by atoms with Crippen molar-refractivity contribution in [3.05, 3.63) is 75.6 Å². The third-order valence-electron chi connectivity index (χ3n) is 5.08. The normalized spacial score (nSPS) is 11.8.